The van der Waals surface area contributed by atoms with Gasteiger partial charge in [-0.2, -0.15) is 13.2 Å². The van der Waals surface area contributed by atoms with Crippen molar-refractivity contribution >= 4 is 11.7 Å². The molecule has 1 atom stereocenters. The maximum Gasteiger partial charge on any atom is 0.393 e. The van der Waals surface area contributed by atoms with Crippen LogP contribution in [0, 0.1) is 19.8 Å². The maximum absolute atomic E-state index is 12.8. The first kappa shape index (κ1) is 15.7. The molecule has 0 saturated carbocycles. The van der Waals surface area contributed by atoms with E-state index in [1.807, 2.05) is 26.0 Å². The number of aryl methyl sites for hydroxylation is 2. The Bertz CT molecular complexity index is 528. The zero-order chi connectivity index (χ0) is 15.6. The molecule has 3 nitrogen and oxygen atoms in total. The Labute approximate surface area is 122 Å². The zero-order valence-electron chi connectivity index (χ0n) is 12.1. The SMILES string of the molecule is Cc1ccc(NC(=O)N2CCCC(C(F)(F)F)C2)c(C)c1. The van der Waals surface area contributed by atoms with E-state index >= 15 is 0 Å². The number of nitrogens with one attached hydrogen (secondary N) is 1. The standard InChI is InChI=1S/C15H19F3N2O/c1-10-5-6-13(11(2)8-10)19-14(21)20-7-3-4-12(9-20)15(16,17)18/h5-6,8,12H,3-4,7,9H2,1-2H3,(H,19,21). The normalized spacial score (nSPS) is 19.5. The van der Waals surface area contributed by atoms with Crippen molar-refractivity contribution in [1.82, 2.24) is 4.90 Å². The van der Waals surface area contributed by atoms with Crippen molar-refractivity contribution < 1.29 is 18.0 Å². The monoisotopic (exact) mass is 300 g/mol. The van der Waals surface area contributed by atoms with Gasteiger partial charge in [-0.1, -0.05) is 17.7 Å². The van der Waals surface area contributed by atoms with E-state index in [1.165, 1.54) is 4.90 Å². The lowest BCUT2D eigenvalue weighted by Gasteiger charge is -2.33. The maximum atomic E-state index is 12.8. The number of piperidine rings is 1. The summed E-state index contributed by atoms with van der Waals surface area (Å²) in [6.45, 7) is 3.90. The van der Waals surface area contributed by atoms with E-state index in [2.05, 4.69) is 5.32 Å². The van der Waals surface area contributed by atoms with Crippen LogP contribution in [0.3, 0.4) is 0 Å². The summed E-state index contributed by atoms with van der Waals surface area (Å²) in [6, 6.07) is 5.09. The molecular weight excluding hydrogens is 281 g/mol. The summed E-state index contributed by atoms with van der Waals surface area (Å²) in [7, 11) is 0. The Morgan fingerprint density at radius 2 is 2.05 bits per heavy atom. The molecular formula is C15H19F3N2O. The molecule has 2 amide bonds. The van der Waals surface area contributed by atoms with Crippen LogP contribution in [0.25, 0.3) is 0 Å². The number of alkyl halides is 3. The third-order valence-corrected chi connectivity index (χ3v) is 3.80. The Balaban J connectivity index is 2.03. The molecule has 1 fully saturated rings. The van der Waals surface area contributed by atoms with E-state index < -0.39 is 18.1 Å². The number of carbonyl (C=O) groups is 1. The van der Waals surface area contributed by atoms with Crippen LogP contribution >= 0.6 is 0 Å². The number of hydrogen-bond donors (Lipinski definition) is 1. The first-order valence-corrected chi connectivity index (χ1v) is 6.97. The third kappa shape index (κ3) is 3.89. The predicted molar refractivity (Wildman–Crippen MR) is 75.3 cm³/mol. The number of halogens is 3. The van der Waals surface area contributed by atoms with Crippen molar-refractivity contribution in [2.45, 2.75) is 32.9 Å². The van der Waals surface area contributed by atoms with Gasteiger partial charge in [-0.15, -0.1) is 0 Å². The number of carbonyl (C=O) groups excluding carboxylic acids is 1. The highest BCUT2D eigenvalue weighted by molar-refractivity contribution is 5.90. The summed E-state index contributed by atoms with van der Waals surface area (Å²) in [5, 5.41) is 2.70. The molecule has 6 heteroatoms. The smallest absolute Gasteiger partial charge is 0.324 e. The second-order valence-electron chi connectivity index (χ2n) is 5.58. The van der Waals surface area contributed by atoms with Crippen molar-refractivity contribution in [2.75, 3.05) is 18.4 Å². The van der Waals surface area contributed by atoms with Crippen molar-refractivity contribution in [2.24, 2.45) is 5.92 Å². The van der Waals surface area contributed by atoms with Crippen LogP contribution in [0.2, 0.25) is 0 Å². The Hall–Kier alpha value is -1.72. The molecule has 1 aromatic rings. The molecule has 1 saturated heterocycles. The average Bonchev–Trinajstić information content (AvgIpc) is 2.41. The lowest BCUT2D eigenvalue weighted by atomic mass is 9.98. The largest absolute Gasteiger partial charge is 0.393 e. The summed E-state index contributed by atoms with van der Waals surface area (Å²) >= 11 is 0. The number of urea groups is 1. The molecule has 0 spiro atoms. The number of hydrogen-bond acceptors (Lipinski definition) is 1. The fourth-order valence-electron chi connectivity index (χ4n) is 2.58. The first-order chi connectivity index (χ1) is 9.77. The van der Waals surface area contributed by atoms with Gasteiger partial charge in [0.25, 0.3) is 0 Å². The molecule has 1 heterocycles. The third-order valence-electron chi connectivity index (χ3n) is 3.80. The van der Waals surface area contributed by atoms with Crippen LogP contribution < -0.4 is 5.32 Å². The van der Waals surface area contributed by atoms with Gasteiger partial charge in [0.1, 0.15) is 0 Å². The number of rotatable bonds is 1. The Morgan fingerprint density at radius 1 is 1.33 bits per heavy atom. The highest BCUT2D eigenvalue weighted by Crippen LogP contribution is 2.33. The number of likely N-dealkylation sites (tertiary alicyclic amines) is 1. The van der Waals surface area contributed by atoms with Crippen molar-refractivity contribution in [3.8, 4) is 0 Å². The molecule has 116 valence electrons. The second-order valence-corrected chi connectivity index (χ2v) is 5.58. The molecule has 21 heavy (non-hydrogen) atoms. The van der Waals surface area contributed by atoms with Crippen LogP contribution in [-0.2, 0) is 0 Å². The minimum Gasteiger partial charge on any atom is -0.324 e. The summed E-state index contributed by atoms with van der Waals surface area (Å²) in [6.07, 6.45) is -3.76. The summed E-state index contributed by atoms with van der Waals surface area (Å²) in [5.74, 6) is -1.42. The van der Waals surface area contributed by atoms with E-state index in [-0.39, 0.29) is 13.0 Å². The lowest BCUT2D eigenvalue weighted by Crippen LogP contribution is -2.46. The molecule has 0 radical (unpaired) electrons. The van der Waals surface area contributed by atoms with Crippen LogP contribution in [0.5, 0.6) is 0 Å². The van der Waals surface area contributed by atoms with E-state index in [1.54, 1.807) is 6.07 Å². The van der Waals surface area contributed by atoms with Gasteiger partial charge < -0.3 is 10.2 Å². The van der Waals surface area contributed by atoms with Gasteiger partial charge in [0, 0.05) is 18.8 Å². The van der Waals surface area contributed by atoms with Crippen LogP contribution in [0.4, 0.5) is 23.7 Å². The molecule has 1 aromatic carbocycles. The van der Waals surface area contributed by atoms with E-state index in [4.69, 9.17) is 0 Å². The van der Waals surface area contributed by atoms with Crippen LogP contribution in [-0.4, -0.2) is 30.2 Å². The number of nitrogens with zero attached hydrogens (tertiary/aromatic N) is 1. The fraction of sp³-hybridized carbons (Fsp3) is 0.533. The Morgan fingerprint density at radius 3 is 2.67 bits per heavy atom. The minimum atomic E-state index is -4.24. The highest BCUT2D eigenvalue weighted by atomic mass is 19.4. The van der Waals surface area contributed by atoms with Gasteiger partial charge in [-0.3, -0.25) is 0 Å². The van der Waals surface area contributed by atoms with Crippen LogP contribution in [0.15, 0.2) is 18.2 Å². The molecule has 1 aliphatic heterocycles. The molecule has 0 bridgehead atoms. The summed E-state index contributed by atoms with van der Waals surface area (Å²) < 4.78 is 38.3. The van der Waals surface area contributed by atoms with Gasteiger partial charge >= 0.3 is 12.2 Å². The lowest BCUT2D eigenvalue weighted by molar-refractivity contribution is -0.183. The quantitative estimate of drug-likeness (QED) is 0.831. The molecule has 0 aliphatic carbocycles. The Kier molecular flexibility index (Phi) is 4.44. The van der Waals surface area contributed by atoms with Gasteiger partial charge in [0.05, 0.1) is 5.92 Å². The number of anilines is 1. The van der Waals surface area contributed by atoms with E-state index in [0.29, 0.717) is 18.7 Å². The molecule has 1 aliphatic rings. The second kappa shape index (κ2) is 5.95. The first-order valence-electron chi connectivity index (χ1n) is 6.97. The minimum absolute atomic E-state index is 0.0941. The number of amides is 2. The highest BCUT2D eigenvalue weighted by Gasteiger charge is 2.42. The van der Waals surface area contributed by atoms with Gasteiger partial charge in [-0.25, -0.2) is 4.79 Å². The molecule has 1 N–H and O–H groups in total. The van der Waals surface area contributed by atoms with Crippen LogP contribution in [0.1, 0.15) is 24.0 Å². The van der Waals surface area contributed by atoms with Crippen molar-refractivity contribution in [1.29, 1.82) is 0 Å². The van der Waals surface area contributed by atoms with Gasteiger partial charge in [0.15, 0.2) is 0 Å². The fourth-order valence-corrected chi connectivity index (χ4v) is 2.58. The van der Waals surface area contributed by atoms with Crippen molar-refractivity contribution in [3.63, 3.8) is 0 Å². The summed E-state index contributed by atoms with van der Waals surface area (Å²) in [4.78, 5) is 13.4. The molecule has 2 rings (SSSR count). The van der Waals surface area contributed by atoms with E-state index in [9.17, 15) is 18.0 Å². The zero-order valence-corrected chi connectivity index (χ0v) is 12.1. The van der Waals surface area contributed by atoms with Crippen molar-refractivity contribution in [3.05, 3.63) is 29.3 Å². The van der Waals surface area contributed by atoms with Gasteiger partial charge in [-0.05, 0) is 38.3 Å². The molecule has 0 aromatic heterocycles. The topological polar surface area (TPSA) is 32.3 Å². The van der Waals surface area contributed by atoms with E-state index in [0.717, 1.165) is 11.1 Å². The molecule has 1 unspecified atom stereocenters. The number of benzene rings is 1. The van der Waals surface area contributed by atoms with Gasteiger partial charge in [0.2, 0.25) is 0 Å². The predicted octanol–water partition coefficient (Wildman–Crippen LogP) is 4.11. The average molecular weight is 300 g/mol. The summed E-state index contributed by atoms with van der Waals surface area (Å²) in [5.41, 5.74) is 2.60.